The quantitative estimate of drug-likeness (QED) is 0.240. The molecule has 1 unspecified atom stereocenters. The third-order valence-electron chi connectivity index (χ3n) is 12.9. The van der Waals surface area contributed by atoms with Crippen LogP contribution in [0.5, 0.6) is 11.6 Å². The molecule has 3 aliphatic heterocycles. The molecule has 322 valence electrons. The van der Waals surface area contributed by atoms with Gasteiger partial charge in [0.2, 0.25) is 5.88 Å². The van der Waals surface area contributed by atoms with Crippen molar-refractivity contribution in [1.82, 2.24) is 19.4 Å². The van der Waals surface area contributed by atoms with E-state index in [0.717, 1.165) is 50.9 Å². The van der Waals surface area contributed by atoms with E-state index in [1.807, 2.05) is 25.1 Å². The fourth-order valence-electron chi connectivity index (χ4n) is 9.66. The number of hydrogen-bond donors (Lipinski definition) is 1. The first-order valence-corrected chi connectivity index (χ1v) is 23.1. The number of methoxy groups -OCH3 is 1. The number of aryl methyl sites for hydroxylation is 3. The molecule has 4 heterocycles. The first kappa shape index (κ1) is 42.0. The Bertz CT molecular complexity index is 2260. The maximum atomic E-state index is 14.8. The molecule has 2 aromatic carbocycles. The molecule has 1 aromatic heterocycles. The predicted octanol–water partition coefficient (Wildman–Crippen LogP) is 5.42. The van der Waals surface area contributed by atoms with Gasteiger partial charge in [-0.15, -0.1) is 9.46 Å². The molecule has 2 fully saturated rings. The Morgan fingerprint density at radius 1 is 1.12 bits per heavy atom. The van der Waals surface area contributed by atoms with Gasteiger partial charge in [-0.05, 0) is 92.7 Å². The van der Waals surface area contributed by atoms with Crippen LogP contribution in [0.1, 0.15) is 82.9 Å². The number of benzene rings is 2. The van der Waals surface area contributed by atoms with E-state index in [2.05, 4.69) is 49.1 Å². The topological polar surface area (TPSA) is 154 Å². The van der Waals surface area contributed by atoms with Gasteiger partial charge in [-0.25, -0.2) is 4.21 Å². The molecule has 1 saturated carbocycles. The fraction of sp³-hybridized carbons (Fsp3) is 0.556. The summed E-state index contributed by atoms with van der Waals surface area (Å²) in [5.41, 5.74) is 4.69. The first-order chi connectivity index (χ1) is 28.9. The average molecular weight is 843 g/mol. The van der Waals surface area contributed by atoms with E-state index in [4.69, 9.17) is 18.9 Å². The number of carbonyl (C=O) groups excluding carboxylic acids is 3. The normalized spacial score (nSPS) is 28.8. The van der Waals surface area contributed by atoms with E-state index in [9.17, 15) is 18.6 Å². The van der Waals surface area contributed by atoms with E-state index < -0.39 is 27.8 Å². The summed E-state index contributed by atoms with van der Waals surface area (Å²) in [5, 5.41) is 4.17. The van der Waals surface area contributed by atoms with Gasteiger partial charge in [0.1, 0.15) is 27.3 Å². The molecule has 2 amide bonds. The van der Waals surface area contributed by atoms with Crippen LogP contribution in [-0.2, 0) is 43.1 Å². The van der Waals surface area contributed by atoms with Crippen molar-refractivity contribution >= 4 is 33.4 Å². The van der Waals surface area contributed by atoms with Crippen LogP contribution < -0.4 is 19.1 Å². The largest absolute Gasteiger partial charge is 0.490 e. The molecule has 6 atom stereocenters. The zero-order chi connectivity index (χ0) is 42.0. The summed E-state index contributed by atoms with van der Waals surface area (Å²) >= 11 is 0. The molecule has 1 saturated heterocycles. The van der Waals surface area contributed by atoms with Crippen molar-refractivity contribution in [3.63, 3.8) is 0 Å². The van der Waals surface area contributed by atoms with Crippen LogP contribution in [0.15, 0.2) is 59.1 Å². The molecule has 5 aliphatic rings. The lowest BCUT2D eigenvalue weighted by molar-refractivity contribution is -0.152. The third kappa shape index (κ3) is 9.13. The number of hydrogen-bond acceptors (Lipinski definition) is 11. The summed E-state index contributed by atoms with van der Waals surface area (Å²) in [6.45, 7) is 9.40. The van der Waals surface area contributed by atoms with Crippen LogP contribution in [0.25, 0.3) is 0 Å². The molecule has 60 heavy (non-hydrogen) atoms. The summed E-state index contributed by atoms with van der Waals surface area (Å²) in [5.74, 6) is -1.00. The van der Waals surface area contributed by atoms with Crippen LogP contribution in [0.2, 0.25) is 0 Å². The molecule has 2 aliphatic carbocycles. The van der Waals surface area contributed by atoms with Crippen LogP contribution in [0.4, 0.5) is 5.69 Å². The number of nitrogens with one attached hydrogen (secondary N) is 1. The number of nitrogens with zero attached hydrogens (tertiary/aromatic N) is 5. The number of aromatic nitrogens is 2. The van der Waals surface area contributed by atoms with Gasteiger partial charge in [-0.3, -0.25) is 28.7 Å². The molecule has 1 N–H and O–H groups in total. The lowest BCUT2D eigenvalue weighted by Gasteiger charge is -2.46. The van der Waals surface area contributed by atoms with E-state index in [1.165, 1.54) is 34.7 Å². The van der Waals surface area contributed by atoms with E-state index >= 15 is 0 Å². The monoisotopic (exact) mass is 842 g/mol. The van der Waals surface area contributed by atoms with E-state index in [1.54, 1.807) is 19.2 Å². The smallest absolute Gasteiger partial charge is 0.307 e. The van der Waals surface area contributed by atoms with Crippen LogP contribution in [-0.4, -0.2) is 108 Å². The number of allylic oxidation sites excluding steroid dienone is 1. The van der Waals surface area contributed by atoms with Gasteiger partial charge in [0, 0.05) is 62.9 Å². The number of ether oxygens (including phenoxy) is 4. The van der Waals surface area contributed by atoms with Crippen LogP contribution in [0.3, 0.4) is 0 Å². The molecular weight excluding hydrogens is 785 g/mol. The standard InChI is InChI=1S/C45H58N6O8S/c1-30-10-14-37-32(23-30)8-6-17-45(37)28-51-25-34-11-13-35(34)39(59-41(52)16-18-50-19-21-57-22-20-50)9-5-7-31(2)27-60(55,48-43(54)36-26-49(3)46-44(36)56-4)47-42(53)33-12-15-40(58-29-45)38(51)24-33/h5,9-10,12,14-15,23-24,26,31,34-35,39H,6-8,11,13,16-22,25,27-29H2,1-4H3,(H,47,48,53,54,55)/b9-5+/t31-,34-,35+,39-,45-,60?/m0/s1. The highest BCUT2D eigenvalue weighted by molar-refractivity contribution is 7.92. The highest BCUT2D eigenvalue weighted by Crippen LogP contribution is 2.47. The van der Waals surface area contributed by atoms with E-state index in [-0.39, 0.29) is 58.3 Å². The third-order valence-corrected chi connectivity index (χ3v) is 14.9. The number of amides is 2. The van der Waals surface area contributed by atoms with Crippen LogP contribution >= 0.6 is 0 Å². The zero-order valence-electron chi connectivity index (χ0n) is 35.2. The molecule has 14 nitrogen and oxygen atoms in total. The Balaban J connectivity index is 1.16. The number of morpholine rings is 1. The van der Waals surface area contributed by atoms with Crippen molar-refractivity contribution in [1.29, 1.82) is 0 Å². The maximum Gasteiger partial charge on any atom is 0.307 e. The van der Waals surface area contributed by atoms with Crippen LogP contribution in [0, 0.1) is 24.7 Å². The van der Waals surface area contributed by atoms with Gasteiger partial charge in [0.15, 0.2) is 0 Å². The van der Waals surface area contributed by atoms with Crippen molar-refractivity contribution < 1.29 is 37.5 Å². The summed E-state index contributed by atoms with van der Waals surface area (Å²) in [4.78, 5) is 46.0. The molecule has 15 heteroatoms. The Morgan fingerprint density at radius 3 is 2.73 bits per heavy atom. The average Bonchev–Trinajstić information content (AvgIpc) is 3.53. The van der Waals surface area contributed by atoms with Crippen molar-refractivity contribution in [2.75, 3.05) is 70.3 Å². The van der Waals surface area contributed by atoms with Crippen molar-refractivity contribution in [2.24, 2.45) is 29.2 Å². The summed E-state index contributed by atoms with van der Waals surface area (Å²) in [6, 6.07) is 12.0. The number of anilines is 1. The maximum absolute atomic E-state index is 14.8. The summed E-state index contributed by atoms with van der Waals surface area (Å²) in [7, 11) is -0.636. The van der Waals surface area contributed by atoms with Gasteiger partial charge in [-0.1, -0.05) is 36.8 Å². The van der Waals surface area contributed by atoms with Crippen molar-refractivity contribution in [3.05, 3.63) is 82.6 Å². The Hall–Kier alpha value is -4.73. The lowest BCUT2D eigenvalue weighted by atomic mass is 9.68. The molecule has 8 rings (SSSR count). The van der Waals surface area contributed by atoms with Gasteiger partial charge in [0.25, 0.3) is 11.8 Å². The van der Waals surface area contributed by atoms with Gasteiger partial charge in [-0.2, -0.15) is 0 Å². The second-order valence-corrected chi connectivity index (χ2v) is 19.4. The minimum Gasteiger partial charge on any atom is -0.490 e. The molecular formula is C45H58N6O8S. The van der Waals surface area contributed by atoms with Crippen molar-refractivity contribution in [2.45, 2.75) is 70.3 Å². The second kappa shape index (κ2) is 17.7. The highest BCUT2D eigenvalue weighted by atomic mass is 32.2. The van der Waals surface area contributed by atoms with Gasteiger partial charge in [0.05, 0.1) is 44.8 Å². The highest BCUT2D eigenvalue weighted by Gasteiger charge is 2.45. The van der Waals surface area contributed by atoms with Gasteiger partial charge >= 0.3 is 5.97 Å². The SMILES string of the molecule is COc1nn(C)cc1C(=O)NS1(=O)=NC(=O)c2ccc3c(c2)N(C[C@@H]2CC[C@H]2[C@@H](OC(=O)CCN2CCOCC2)/C=C/C[C@H](C)C1)C[C@@]1(CCCc2cc(C)ccc21)CO3. The van der Waals surface area contributed by atoms with E-state index in [0.29, 0.717) is 51.6 Å². The molecule has 2 bridgehead atoms. The summed E-state index contributed by atoms with van der Waals surface area (Å²) in [6.07, 6.45) is 10.6. The number of esters is 1. The molecule has 0 radical (unpaired) electrons. The number of rotatable bonds is 7. The Labute approximate surface area is 353 Å². The van der Waals surface area contributed by atoms with Gasteiger partial charge < -0.3 is 23.8 Å². The molecule has 1 spiro atoms. The molecule has 3 aromatic rings. The Kier molecular flexibility index (Phi) is 12.4. The zero-order valence-corrected chi connectivity index (χ0v) is 36.0. The first-order valence-electron chi connectivity index (χ1n) is 21.4. The predicted molar refractivity (Wildman–Crippen MR) is 228 cm³/mol. The minimum absolute atomic E-state index is 0.0627. The number of fused-ring (bicyclic) bond motifs is 4. The minimum atomic E-state index is -3.68. The second-order valence-electron chi connectivity index (χ2n) is 17.4. The lowest BCUT2D eigenvalue weighted by Crippen LogP contribution is -2.50. The number of carbonyl (C=O) groups is 3. The van der Waals surface area contributed by atoms with Crippen molar-refractivity contribution in [3.8, 4) is 11.6 Å². The summed E-state index contributed by atoms with van der Waals surface area (Å²) < 4.78 is 47.0. The Morgan fingerprint density at radius 2 is 1.95 bits per heavy atom. The fourth-order valence-corrected chi connectivity index (χ4v) is 11.5.